The van der Waals surface area contributed by atoms with Gasteiger partial charge in [0.05, 0.1) is 12.2 Å². The largest absolute Gasteiger partial charge is 0.350 e. The second-order valence-corrected chi connectivity index (χ2v) is 6.63. The molecule has 0 spiro atoms. The minimum Gasteiger partial charge on any atom is -0.350 e. The van der Waals surface area contributed by atoms with Crippen molar-refractivity contribution in [3.63, 3.8) is 0 Å². The second-order valence-electron chi connectivity index (χ2n) is 6.63. The number of nitrogens with one attached hydrogen (secondary N) is 1. The number of carbonyl (C=O) groups is 1. The highest BCUT2D eigenvalue weighted by atomic mass is 16.1. The molecular formula is C17H26N4O. The standard InChI is InChI=1S/C17H26N4O/c1-13-10-15(20-17(19-13)21-8-4-5-9-21)12-18-16(22)11-14-6-2-3-7-14/h10,14H,2-9,11-12H2,1H3,(H,18,22). The molecule has 120 valence electrons. The number of rotatable bonds is 5. The van der Waals surface area contributed by atoms with Gasteiger partial charge < -0.3 is 10.2 Å². The molecule has 0 aromatic carbocycles. The van der Waals surface area contributed by atoms with Crippen LogP contribution in [0, 0.1) is 12.8 Å². The number of anilines is 1. The molecule has 2 fully saturated rings. The molecule has 3 rings (SSSR count). The van der Waals surface area contributed by atoms with Crippen LogP contribution in [0.5, 0.6) is 0 Å². The highest BCUT2D eigenvalue weighted by Gasteiger charge is 2.19. The first-order valence-corrected chi connectivity index (χ1v) is 8.57. The Morgan fingerprint density at radius 1 is 1.23 bits per heavy atom. The molecule has 22 heavy (non-hydrogen) atoms. The Labute approximate surface area is 132 Å². The van der Waals surface area contributed by atoms with Crippen LogP contribution in [0.2, 0.25) is 0 Å². The Kier molecular flexibility index (Phi) is 4.90. The van der Waals surface area contributed by atoms with Gasteiger partial charge in [-0.15, -0.1) is 0 Å². The topological polar surface area (TPSA) is 58.1 Å². The van der Waals surface area contributed by atoms with E-state index in [1.807, 2.05) is 13.0 Å². The number of hydrogen-bond donors (Lipinski definition) is 1. The summed E-state index contributed by atoms with van der Waals surface area (Å²) in [7, 11) is 0. The molecule has 1 aromatic heterocycles. The number of aromatic nitrogens is 2. The van der Waals surface area contributed by atoms with Crippen LogP contribution in [-0.2, 0) is 11.3 Å². The SMILES string of the molecule is Cc1cc(CNC(=O)CC2CCCC2)nc(N2CCCC2)n1. The lowest BCUT2D eigenvalue weighted by Gasteiger charge is -2.16. The van der Waals surface area contributed by atoms with E-state index in [2.05, 4.69) is 20.2 Å². The van der Waals surface area contributed by atoms with Crippen LogP contribution in [0.3, 0.4) is 0 Å². The van der Waals surface area contributed by atoms with Gasteiger partial charge in [0.15, 0.2) is 0 Å². The van der Waals surface area contributed by atoms with E-state index >= 15 is 0 Å². The van der Waals surface area contributed by atoms with Gasteiger partial charge in [-0.1, -0.05) is 12.8 Å². The highest BCUT2D eigenvalue weighted by molar-refractivity contribution is 5.76. The van der Waals surface area contributed by atoms with Crippen LogP contribution in [-0.4, -0.2) is 29.0 Å². The van der Waals surface area contributed by atoms with Gasteiger partial charge in [-0.05, 0) is 44.6 Å². The summed E-state index contributed by atoms with van der Waals surface area (Å²) in [6, 6.07) is 1.97. The van der Waals surface area contributed by atoms with E-state index in [1.54, 1.807) is 0 Å². The summed E-state index contributed by atoms with van der Waals surface area (Å²) in [6.45, 7) is 4.58. The minimum absolute atomic E-state index is 0.158. The smallest absolute Gasteiger partial charge is 0.225 e. The summed E-state index contributed by atoms with van der Waals surface area (Å²) >= 11 is 0. The molecule has 0 unspecified atom stereocenters. The molecule has 1 amide bonds. The van der Waals surface area contributed by atoms with E-state index in [9.17, 15) is 4.79 Å². The van der Waals surface area contributed by atoms with Crippen LogP contribution in [0.1, 0.15) is 56.3 Å². The molecule has 2 aliphatic rings. The van der Waals surface area contributed by atoms with Gasteiger partial charge in [-0.2, -0.15) is 0 Å². The summed E-state index contributed by atoms with van der Waals surface area (Å²) in [4.78, 5) is 23.4. The highest BCUT2D eigenvalue weighted by Crippen LogP contribution is 2.27. The lowest BCUT2D eigenvalue weighted by molar-refractivity contribution is -0.122. The van der Waals surface area contributed by atoms with E-state index < -0.39 is 0 Å². The predicted octanol–water partition coefficient (Wildman–Crippen LogP) is 2.58. The summed E-state index contributed by atoms with van der Waals surface area (Å²) in [5.41, 5.74) is 1.88. The van der Waals surface area contributed by atoms with E-state index in [4.69, 9.17) is 0 Å². The Morgan fingerprint density at radius 2 is 1.95 bits per heavy atom. The van der Waals surface area contributed by atoms with Gasteiger partial charge in [-0.3, -0.25) is 4.79 Å². The molecular weight excluding hydrogens is 276 g/mol. The van der Waals surface area contributed by atoms with Crippen LogP contribution >= 0.6 is 0 Å². The monoisotopic (exact) mass is 302 g/mol. The lowest BCUT2D eigenvalue weighted by Crippen LogP contribution is -2.26. The molecule has 1 N–H and O–H groups in total. The van der Waals surface area contributed by atoms with Crippen molar-refractivity contribution < 1.29 is 4.79 Å². The first-order chi connectivity index (χ1) is 10.7. The van der Waals surface area contributed by atoms with Crippen LogP contribution < -0.4 is 10.2 Å². The fourth-order valence-corrected chi connectivity index (χ4v) is 3.50. The second kappa shape index (κ2) is 7.07. The molecule has 0 bridgehead atoms. The molecule has 0 atom stereocenters. The summed E-state index contributed by atoms with van der Waals surface area (Å²) in [6.07, 6.45) is 8.07. The summed E-state index contributed by atoms with van der Waals surface area (Å²) < 4.78 is 0. The van der Waals surface area contributed by atoms with Crippen molar-refractivity contribution in [2.45, 2.75) is 58.4 Å². The van der Waals surface area contributed by atoms with Crippen molar-refractivity contribution >= 4 is 11.9 Å². The Hall–Kier alpha value is -1.65. The van der Waals surface area contributed by atoms with E-state index in [0.717, 1.165) is 30.4 Å². The quantitative estimate of drug-likeness (QED) is 0.908. The fraction of sp³-hybridized carbons (Fsp3) is 0.706. The van der Waals surface area contributed by atoms with Crippen LogP contribution in [0.15, 0.2) is 6.07 Å². The molecule has 1 saturated heterocycles. The van der Waals surface area contributed by atoms with E-state index in [-0.39, 0.29) is 5.91 Å². The van der Waals surface area contributed by atoms with E-state index in [1.165, 1.54) is 38.5 Å². The molecule has 5 heteroatoms. The molecule has 1 aromatic rings. The average Bonchev–Trinajstić information content (AvgIpc) is 3.18. The van der Waals surface area contributed by atoms with Crippen LogP contribution in [0.4, 0.5) is 5.95 Å². The summed E-state index contributed by atoms with van der Waals surface area (Å²) in [5.74, 6) is 1.57. The molecule has 2 heterocycles. The van der Waals surface area contributed by atoms with Crippen molar-refractivity contribution in [2.24, 2.45) is 5.92 Å². The summed E-state index contributed by atoms with van der Waals surface area (Å²) in [5, 5.41) is 3.02. The van der Waals surface area contributed by atoms with Crippen molar-refractivity contribution in [1.82, 2.24) is 15.3 Å². The zero-order chi connectivity index (χ0) is 15.4. The predicted molar refractivity (Wildman–Crippen MR) is 86.6 cm³/mol. The number of hydrogen-bond acceptors (Lipinski definition) is 4. The van der Waals surface area contributed by atoms with E-state index in [0.29, 0.717) is 18.9 Å². The van der Waals surface area contributed by atoms with Crippen molar-refractivity contribution in [1.29, 1.82) is 0 Å². The third-order valence-electron chi connectivity index (χ3n) is 4.70. The van der Waals surface area contributed by atoms with Crippen LogP contribution in [0.25, 0.3) is 0 Å². The van der Waals surface area contributed by atoms with Crippen molar-refractivity contribution in [3.05, 3.63) is 17.5 Å². The Bertz CT molecular complexity index is 519. The number of amides is 1. The van der Waals surface area contributed by atoms with Gasteiger partial charge >= 0.3 is 0 Å². The lowest BCUT2D eigenvalue weighted by atomic mass is 10.0. The van der Waals surface area contributed by atoms with Crippen molar-refractivity contribution in [2.75, 3.05) is 18.0 Å². The number of aryl methyl sites for hydroxylation is 1. The van der Waals surface area contributed by atoms with Gasteiger partial charge in [0, 0.05) is 25.2 Å². The molecule has 5 nitrogen and oxygen atoms in total. The Morgan fingerprint density at radius 3 is 2.68 bits per heavy atom. The van der Waals surface area contributed by atoms with Gasteiger partial charge in [0.2, 0.25) is 11.9 Å². The third kappa shape index (κ3) is 3.96. The van der Waals surface area contributed by atoms with Crippen molar-refractivity contribution in [3.8, 4) is 0 Å². The maximum atomic E-state index is 12.0. The maximum absolute atomic E-state index is 12.0. The zero-order valence-electron chi connectivity index (χ0n) is 13.5. The Balaban J connectivity index is 1.56. The normalized spacial score (nSPS) is 18.9. The molecule has 1 aliphatic heterocycles. The van der Waals surface area contributed by atoms with Gasteiger partial charge in [-0.25, -0.2) is 9.97 Å². The molecule has 1 aliphatic carbocycles. The maximum Gasteiger partial charge on any atom is 0.225 e. The molecule has 1 saturated carbocycles. The zero-order valence-corrected chi connectivity index (χ0v) is 13.5. The number of nitrogens with zero attached hydrogens (tertiary/aromatic N) is 3. The third-order valence-corrected chi connectivity index (χ3v) is 4.70. The average molecular weight is 302 g/mol. The van der Waals surface area contributed by atoms with Gasteiger partial charge in [0.25, 0.3) is 0 Å². The first-order valence-electron chi connectivity index (χ1n) is 8.57. The minimum atomic E-state index is 0.158. The van der Waals surface area contributed by atoms with Gasteiger partial charge in [0.1, 0.15) is 0 Å². The fourth-order valence-electron chi connectivity index (χ4n) is 3.50. The molecule has 0 radical (unpaired) electrons. The first kappa shape index (κ1) is 15.3. The number of carbonyl (C=O) groups excluding carboxylic acids is 1.